The Balaban J connectivity index is 1.61. The molecule has 152 valence electrons. The van der Waals surface area contributed by atoms with E-state index in [1.54, 1.807) is 4.90 Å². The van der Waals surface area contributed by atoms with Crippen molar-refractivity contribution in [1.29, 1.82) is 0 Å². The Morgan fingerprint density at radius 3 is 2.80 bits per heavy atom. The normalized spacial score (nSPS) is 18.1. The number of fused-ring (bicyclic) bond motifs is 2. The zero-order valence-electron chi connectivity index (χ0n) is 17.4. The molecule has 0 saturated carbocycles. The van der Waals surface area contributed by atoms with Gasteiger partial charge in [0.1, 0.15) is 0 Å². The Bertz CT molecular complexity index is 1210. The van der Waals surface area contributed by atoms with Gasteiger partial charge in [0.25, 0.3) is 5.56 Å². The highest BCUT2D eigenvalue weighted by atomic mass is 16.2. The average Bonchev–Trinajstić information content (AvgIpc) is 2.77. The maximum absolute atomic E-state index is 12.8. The summed E-state index contributed by atoms with van der Waals surface area (Å²) in [5.74, 6) is 0.167. The summed E-state index contributed by atoms with van der Waals surface area (Å²) < 4.78 is 1.87. The van der Waals surface area contributed by atoms with Crippen LogP contribution in [0.4, 0.5) is 5.69 Å². The minimum atomic E-state index is 0.0231. The second-order valence-electron chi connectivity index (χ2n) is 8.36. The van der Waals surface area contributed by atoms with Gasteiger partial charge in [0.2, 0.25) is 5.91 Å². The van der Waals surface area contributed by atoms with E-state index < -0.39 is 0 Å². The highest BCUT2D eigenvalue weighted by Gasteiger charge is 2.26. The Morgan fingerprint density at radius 1 is 1.07 bits per heavy atom. The predicted octanol–water partition coefficient (Wildman–Crippen LogP) is 4.05. The van der Waals surface area contributed by atoms with Gasteiger partial charge in [-0.2, -0.15) is 0 Å². The molecule has 0 N–H and O–H groups in total. The van der Waals surface area contributed by atoms with E-state index in [1.807, 2.05) is 55.3 Å². The summed E-state index contributed by atoms with van der Waals surface area (Å²) in [5, 5.41) is 0. The van der Waals surface area contributed by atoms with Crippen molar-refractivity contribution in [2.75, 3.05) is 11.9 Å². The molecule has 1 aromatic carbocycles. The number of nitrogens with zero attached hydrogens (tertiary/aromatic N) is 3. The third-order valence-electron chi connectivity index (χ3n) is 6.59. The second kappa shape index (κ2) is 7.24. The van der Waals surface area contributed by atoms with E-state index in [0.717, 1.165) is 53.6 Å². The molecular formula is C25H25N3O2. The number of hydrogen-bond acceptors (Lipinski definition) is 3. The van der Waals surface area contributed by atoms with Crippen molar-refractivity contribution < 1.29 is 4.79 Å². The third kappa shape index (κ3) is 2.96. The summed E-state index contributed by atoms with van der Waals surface area (Å²) >= 11 is 0. The zero-order valence-corrected chi connectivity index (χ0v) is 17.4. The van der Waals surface area contributed by atoms with Crippen LogP contribution in [0.25, 0.3) is 11.1 Å². The molecule has 1 aliphatic carbocycles. The van der Waals surface area contributed by atoms with Crippen LogP contribution in [-0.2, 0) is 17.6 Å². The standard InChI is InChI=1S/C25H25N3O2/c1-16-5-4-12-28(25(16)30)23-7-3-6-19-20(14-26-15-21(19)23)17-8-10-22-18(13-17)9-11-24(29)27(22)2/h4-5,8,10,12-15,23H,3,6-7,9,11H2,1-2H3/t23-/m1/s1. The monoisotopic (exact) mass is 399 g/mol. The molecule has 0 saturated heterocycles. The molecule has 0 bridgehead atoms. The molecule has 3 heterocycles. The summed E-state index contributed by atoms with van der Waals surface area (Å²) in [5.41, 5.74) is 7.75. The number of pyridine rings is 2. The minimum absolute atomic E-state index is 0.0231. The van der Waals surface area contributed by atoms with Crippen LogP contribution in [0.3, 0.4) is 0 Å². The molecular weight excluding hydrogens is 374 g/mol. The van der Waals surface area contributed by atoms with Crippen LogP contribution in [-0.4, -0.2) is 22.5 Å². The molecule has 1 atom stereocenters. The molecule has 0 unspecified atom stereocenters. The minimum Gasteiger partial charge on any atom is -0.315 e. The quantitative estimate of drug-likeness (QED) is 0.653. The highest BCUT2D eigenvalue weighted by molar-refractivity contribution is 5.96. The number of carbonyl (C=O) groups is 1. The zero-order chi connectivity index (χ0) is 20.8. The Kier molecular flexibility index (Phi) is 4.54. The van der Waals surface area contributed by atoms with E-state index in [2.05, 4.69) is 17.1 Å². The van der Waals surface area contributed by atoms with Crippen molar-refractivity contribution in [2.45, 2.75) is 45.1 Å². The largest absolute Gasteiger partial charge is 0.315 e. The Labute approximate surface area is 176 Å². The maximum Gasteiger partial charge on any atom is 0.254 e. The van der Waals surface area contributed by atoms with Crippen LogP contribution in [0, 0.1) is 6.92 Å². The fraction of sp³-hybridized carbons (Fsp3) is 0.320. The first-order valence-electron chi connectivity index (χ1n) is 10.6. The lowest BCUT2D eigenvalue weighted by atomic mass is 9.84. The van der Waals surface area contributed by atoms with Crippen LogP contribution < -0.4 is 10.5 Å². The summed E-state index contributed by atoms with van der Waals surface area (Å²) in [7, 11) is 1.84. The van der Waals surface area contributed by atoms with Gasteiger partial charge >= 0.3 is 0 Å². The molecule has 0 radical (unpaired) electrons. The van der Waals surface area contributed by atoms with Gasteiger partial charge in [-0.3, -0.25) is 14.6 Å². The molecule has 5 rings (SSSR count). The topological polar surface area (TPSA) is 55.2 Å². The Hall–Kier alpha value is -3.21. The predicted molar refractivity (Wildman–Crippen MR) is 118 cm³/mol. The molecule has 3 aromatic rings. The number of benzene rings is 1. The molecule has 5 nitrogen and oxygen atoms in total. The van der Waals surface area contributed by atoms with Gasteiger partial charge in [-0.05, 0) is 73.1 Å². The molecule has 1 aliphatic heterocycles. The van der Waals surface area contributed by atoms with Crippen molar-refractivity contribution in [3.05, 3.63) is 81.5 Å². The number of amides is 1. The van der Waals surface area contributed by atoms with Crippen molar-refractivity contribution in [1.82, 2.24) is 9.55 Å². The van der Waals surface area contributed by atoms with E-state index in [1.165, 1.54) is 11.1 Å². The van der Waals surface area contributed by atoms with E-state index in [4.69, 9.17) is 0 Å². The van der Waals surface area contributed by atoms with Crippen LogP contribution in [0.1, 0.15) is 47.6 Å². The molecule has 30 heavy (non-hydrogen) atoms. The lowest BCUT2D eigenvalue weighted by Gasteiger charge is -2.29. The molecule has 0 spiro atoms. The number of anilines is 1. The summed E-state index contributed by atoms with van der Waals surface area (Å²) in [6, 6.07) is 10.2. The third-order valence-corrected chi connectivity index (χ3v) is 6.59. The second-order valence-corrected chi connectivity index (χ2v) is 8.36. The average molecular weight is 399 g/mol. The van der Waals surface area contributed by atoms with Crippen molar-refractivity contribution in [3.63, 3.8) is 0 Å². The first-order valence-corrected chi connectivity index (χ1v) is 10.6. The van der Waals surface area contributed by atoms with Crippen molar-refractivity contribution in [3.8, 4) is 11.1 Å². The van der Waals surface area contributed by atoms with Gasteiger partial charge in [0, 0.05) is 48.9 Å². The number of rotatable bonds is 2. The number of aryl methyl sites for hydroxylation is 2. The molecule has 1 amide bonds. The Morgan fingerprint density at radius 2 is 1.93 bits per heavy atom. The maximum atomic E-state index is 12.8. The highest BCUT2D eigenvalue weighted by Crippen LogP contribution is 2.39. The van der Waals surface area contributed by atoms with Crippen LogP contribution in [0.5, 0.6) is 0 Å². The summed E-state index contributed by atoms with van der Waals surface area (Å²) in [4.78, 5) is 31.1. The van der Waals surface area contributed by atoms with Crippen LogP contribution in [0.2, 0.25) is 0 Å². The van der Waals surface area contributed by atoms with Crippen LogP contribution in [0.15, 0.2) is 53.7 Å². The lowest BCUT2D eigenvalue weighted by molar-refractivity contribution is -0.118. The fourth-order valence-corrected chi connectivity index (χ4v) is 4.93. The van der Waals surface area contributed by atoms with Gasteiger partial charge in [-0.1, -0.05) is 12.1 Å². The number of hydrogen-bond donors (Lipinski definition) is 0. The van der Waals surface area contributed by atoms with Gasteiger partial charge < -0.3 is 9.47 Å². The van der Waals surface area contributed by atoms with Crippen molar-refractivity contribution in [2.24, 2.45) is 0 Å². The van der Waals surface area contributed by atoms with Crippen LogP contribution >= 0.6 is 0 Å². The SMILES string of the molecule is Cc1cccn([C@@H]2CCCc3c(-c4ccc5c(c4)CCC(=O)N5C)cncc32)c1=O. The van der Waals surface area contributed by atoms with Crippen molar-refractivity contribution >= 4 is 11.6 Å². The number of carbonyl (C=O) groups excluding carboxylic acids is 1. The van der Waals surface area contributed by atoms with Gasteiger partial charge in [-0.15, -0.1) is 0 Å². The lowest BCUT2D eigenvalue weighted by Crippen LogP contribution is -2.31. The van der Waals surface area contributed by atoms with Gasteiger partial charge in [0.15, 0.2) is 0 Å². The molecule has 0 fully saturated rings. The number of aromatic nitrogens is 2. The van der Waals surface area contributed by atoms with E-state index in [0.29, 0.717) is 6.42 Å². The summed E-state index contributed by atoms with van der Waals surface area (Å²) in [6.07, 6.45) is 10.1. The molecule has 2 aromatic heterocycles. The summed E-state index contributed by atoms with van der Waals surface area (Å²) in [6.45, 7) is 1.87. The van der Waals surface area contributed by atoms with Gasteiger partial charge in [-0.25, -0.2) is 0 Å². The van der Waals surface area contributed by atoms with Gasteiger partial charge in [0.05, 0.1) is 6.04 Å². The molecule has 2 aliphatic rings. The smallest absolute Gasteiger partial charge is 0.254 e. The van der Waals surface area contributed by atoms with E-state index in [9.17, 15) is 9.59 Å². The fourth-order valence-electron chi connectivity index (χ4n) is 4.93. The van der Waals surface area contributed by atoms with E-state index in [-0.39, 0.29) is 17.5 Å². The first-order chi connectivity index (χ1) is 14.5. The molecule has 5 heteroatoms. The first kappa shape index (κ1) is 18.8. The van der Waals surface area contributed by atoms with E-state index >= 15 is 0 Å².